The van der Waals surface area contributed by atoms with Crippen molar-refractivity contribution < 1.29 is 14.1 Å². The van der Waals surface area contributed by atoms with Crippen LogP contribution in [0.15, 0.2) is 45.8 Å². The van der Waals surface area contributed by atoms with Crippen LogP contribution in [0.1, 0.15) is 11.3 Å². The van der Waals surface area contributed by atoms with Crippen LogP contribution in [0, 0.1) is 28.9 Å². The molecule has 2 rings (SSSR count). The lowest BCUT2D eigenvalue weighted by Crippen LogP contribution is -2.08. The Bertz CT molecular complexity index is 765. The minimum atomic E-state index is -0.474. The molecular formula is C15H11NO5. The van der Waals surface area contributed by atoms with Gasteiger partial charge < -0.3 is 9.15 Å². The highest BCUT2D eigenvalue weighted by Crippen LogP contribution is 2.11. The fourth-order valence-corrected chi connectivity index (χ4v) is 1.59. The summed E-state index contributed by atoms with van der Waals surface area (Å²) in [4.78, 5) is 21.5. The summed E-state index contributed by atoms with van der Waals surface area (Å²) in [6.07, 6.45) is 1.30. The molecule has 21 heavy (non-hydrogen) atoms. The molecule has 0 fully saturated rings. The van der Waals surface area contributed by atoms with Crippen molar-refractivity contribution in [3.63, 3.8) is 0 Å². The highest BCUT2D eigenvalue weighted by molar-refractivity contribution is 5.41. The van der Waals surface area contributed by atoms with E-state index in [0.29, 0.717) is 11.3 Å². The second kappa shape index (κ2) is 6.39. The third-order valence-corrected chi connectivity index (χ3v) is 2.61. The van der Waals surface area contributed by atoms with Crippen molar-refractivity contribution >= 4 is 5.69 Å². The van der Waals surface area contributed by atoms with E-state index in [2.05, 4.69) is 11.8 Å². The van der Waals surface area contributed by atoms with Crippen LogP contribution >= 0.6 is 0 Å². The van der Waals surface area contributed by atoms with E-state index >= 15 is 0 Å². The quantitative estimate of drug-likeness (QED) is 0.491. The SMILES string of the molecule is Cc1occc(=O)c1OCC#Cc1ccc([N+](=O)[O-])cc1. The maximum Gasteiger partial charge on any atom is 0.269 e. The lowest BCUT2D eigenvalue weighted by atomic mass is 10.2. The molecule has 0 aliphatic carbocycles. The van der Waals surface area contributed by atoms with Crippen LogP contribution in [-0.4, -0.2) is 11.5 Å². The molecule has 0 amide bonds. The standard InChI is InChI=1S/C15H11NO5/c1-11-15(14(17)8-10-20-11)21-9-2-3-12-4-6-13(7-5-12)16(18)19/h4-8,10H,9H2,1H3. The van der Waals surface area contributed by atoms with Crippen molar-refractivity contribution in [3.05, 3.63) is 68.3 Å². The van der Waals surface area contributed by atoms with Crippen LogP contribution in [0.2, 0.25) is 0 Å². The fraction of sp³-hybridized carbons (Fsp3) is 0.133. The molecule has 0 atom stereocenters. The average molecular weight is 285 g/mol. The van der Waals surface area contributed by atoms with Gasteiger partial charge in [-0.05, 0) is 19.1 Å². The molecule has 1 aromatic heterocycles. The number of ether oxygens (including phenoxy) is 1. The van der Waals surface area contributed by atoms with E-state index in [1.165, 1.54) is 24.5 Å². The van der Waals surface area contributed by atoms with Crippen molar-refractivity contribution in [3.8, 4) is 17.6 Å². The Labute approximate surface area is 120 Å². The number of non-ortho nitro benzene ring substituents is 1. The van der Waals surface area contributed by atoms with Crippen molar-refractivity contribution in [1.82, 2.24) is 0 Å². The zero-order valence-electron chi connectivity index (χ0n) is 11.2. The Hall–Kier alpha value is -3.07. The largest absolute Gasteiger partial charge is 0.473 e. The van der Waals surface area contributed by atoms with Crippen molar-refractivity contribution in [2.24, 2.45) is 0 Å². The Morgan fingerprint density at radius 2 is 2.00 bits per heavy atom. The molecule has 2 aromatic rings. The van der Waals surface area contributed by atoms with Gasteiger partial charge in [-0.3, -0.25) is 14.9 Å². The zero-order valence-corrected chi connectivity index (χ0v) is 11.2. The van der Waals surface area contributed by atoms with Crippen molar-refractivity contribution in [2.75, 3.05) is 6.61 Å². The van der Waals surface area contributed by atoms with Crippen LogP contribution in [0.4, 0.5) is 5.69 Å². The summed E-state index contributed by atoms with van der Waals surface area (Å²) in [6.45, 7) is 1.65. The first-order valence-electron chi connectivity index (χ1n) is 6.02. The average Bonchev–Trinajstić information content (AvgIpc) is 2.46. The van der Waals surface area contributed by atoms with E-state index in [4.69, 9.17) is 9.15 Å². The molecule has 0 spiro atoms. The van der Waals surface area contributed by atoms with Crippen LogP contribution in [-0.2, 0) is 0 Å². The van der Waals surface area contributed by atoms with Gasteiger partial charge in [0.2, 0.25) is 11.2 Å². The monoisotopic (exact) mass is 285 g/mol. The topological polar surface area (TPSA) is 82.6 Å². The summed E-state index contributed by atoms with van der Waals surface area (Å²) in [5.74, 6) is 6.04. The molecule has 0 saturated carbocycles. The minimum absolute atomic E-state index is 0.00863. The zero-order chi connectivity index (χ0) is 15.2. The normalized spacial score (nSPS) is 9.57. The van der Waals surface area contributed by atoms with E-state index in [0.717, 1.165) is 0 Å². The molecule has 0 saturated heterocycles. The number of aryl methyl sites for hydroxylation is 1. The maximum absolute atomic E-state index is 11.5. The first kappa shape index (κ1) is 14.3. The highest BCUT2D eigenvalue weighted by atomic mass is 16.6. The van der Waals surface area contributed by atoms with Gasteiger partial charge in [0.15, 0.2) is 0 Å². The van der Waals surface area contributed by atoms with E-state index in [1.54, 1.807) is 19.1 Å². The van der Waals surface area contributed by atoms with Gasteiger partial charge >= 0.3 is 0 Å². The molecule has 1 heterocycles. The minimum Gasteiger partial charge on any atom is -0.473 e. The summed E-state index contributed by atoms with van der Waals surface area (Å²) in [7, 11) is 0. The number of hydrogen-bond acceptors (Lipinski definition) is 5. The number of nitro benzene ring substituents is 1. The van der Waals surface area contributed by atoms with Crippen molar-refractivity contribution in [2.45, 2.75) is 6.92 Å². The summed E-state index contributed by atoms with van der Waals surface area (Å²) in [5, 5.41) is 10.5. The van der Waals surface area contributed by atoms with Crippen LogP contribution in [0.25, 0.3) is 0 Å². The maximum atomic E-state index is 11.5. The molecule has 0 N–H and O–H groups in total. The molecule has 6 nitrogen and oxygen atoms in total. The predicted molar refractivity (Wildman–Crippen MR) is 75.2 cm³/mol. The highest BCUT2D eigenvalue weighted by Gasteiger charge is 2.05. The van der Waals surface area contributed by atoms with Gasteiger partial charge in [-0.2, -0.15) is 0 Å². The lowest BCUT2D eigenvalue weighted by Gasteiger charge is -2.02. The molecule has 0 aliphatic rings. The Kier molecular flexibility index (Phi) is 4.36. The van der Waals surface area contributed by atoms with Crippen LogP contribution in [0.5, 0.6) is 5.75 Å². The third-order valence-electron chi connectivity index (χ3n) is 2.61. The van der Waals surface area contributed by atoms with E-state index < -0.39 is 4.92 Å². The van der Waals surface area contributed by atoms with Gasteiger partial charge in [0.1, 0.15) is 12.4 Å². The number of nitrogens with zero attached hydrogens (tertiary/aromatic N) is 1. The van der Waals surface area contributed by atoms with Gasteiger partial charge in [-0.15, -0.1) is 0 Å². The molecule has 106 valence electrons. The van der Waals surface area contributed by atoms with Crippen molar-refractivity contribution in [1.29, 1.82) is 0 Å². The second-order valence-corrected chi connectivity index (χ2v) is 4.06. The summed E-state index contributed by atoms with van der Waals surface area (Å²) in [5.41, 5.74) is 0.367. The number of benzene rings is 1. The predicted octanol–water partition coefficient (Wildman–Crippen LogP) is 2.29. The van der Waals surface area contributed by atoms with E-state index in [1.807, 2.05) is 0 Å². The van der Waals surface area contributed by atoms with Gasteiger partial charge in [0.25, 0.3) is 5.69 Å². The molecule has 0 unspecified atom stereocenters. The molecular weight excluding hydrogens is 274 g/mol. The van der Waals surface area contributed by atoms with E-state index in [-0.39, 0.29) is 23.5 Å². The Balaban J connectivity index is 2.01. The smallest absolute Gasteiger partial charge is 0.269 e. The Morgan fingerprint density at radius 3 is 2.62 bits per heavy atom. The summed E-state index contributed by atoms with van der Waals surface area (Å²) >= 11 is 0. The third kappa shape index (κ3) is 3.70. The molecule has 0 radical (unpaired) electrons. The van der Waals surface area contributed by atoms with Gasteiger partial charge in [-0.1, -0.05) is 11.8 Å². The lowest BCUT2D eigenvalue weighted by molar-refractivity contribution is -0.384. The van der Waals surface area contributed by atoms with Gasteiger partial charge in [0.05, 0.1) is 11.2 Å². The van der Waals surface area contributed by atoms with Crippen LogP contribution in [0.3, 0.4) is 0 Å². The van der Waals surface area contributed by atoms with Gasteiger partial charge in [-0.25, -0.2) is 0 Å². The second-order valence-electron chi connectivity index (χ2n) is 4.06. The first-order valence-corrected chi connectivity index (χ1v) is 6.02. The van der Waals surface area contributed by atoms with Gasteiger partial charge in [0, 0.05) is 23.8 Å². The number of nitro groups is 1. The number of hydrogen-bond donors (Lipinski definition) is 0. The molecule has 0 bridgehead atoms. The number of rotatable bonds is 3. The molecule has 0 aliphatic heterocycles. The summed E-state index contributed by atoms with van der Waals surface area (Å²) in [6, 6.07) is 7.12. The Morgan fingerprint density at radius 1 is 1.29 bits per heavy atom. The van der Waals surface area contributed by atoms with Crippen LogP contribution < -0.4 is 10.2 Å². The van der Waals surface area contributed by atoms with E-state index in [9.17, 15) is 14.9 Å². The fourth-order valence-electron chi connectivity index (χ4n) is 1.59. The molecule has 1 aromatic carbocycles. The summed E-state index contributed by atoms with van der Waals surface area (Å²) < 4.78 is 10.3. The first-order chi connectivity index (χ1) is 10.1. The molecule has 6 heteroatoms.